The molecule has 24 heteroatoms. The minimum Gasteiger partial charge on any atom is -0.478 e. The van der Waals surface area contributed by atoms with E-state index in [2.05, 4.69) is 10.6 Å². The van der Waals surface area contributed by atoms with E-state index in [4.69, 9.17) is 16.6 Å². The second-order valence-electron chi connectivity index (χ2n) is 22.1. The Balaban J connectivity index is 0.933. The van der Waals surface area contributed by atoms with Crippen LogP contribution in [0.2, 0.25) is 0 Å². The molecular formula is C60H61N4O16S4+. The summed E-state index contributed by atoms with van der Waals surface area (Å²) in [7, 11) is -7.15. The van der Waals surface area contributed by atoms with Gasteiger partial charge in [-0.25, -0.2) is 9.37 Å². The summed E-state index contributed by atoms with van der Waals surface area (Å²) in [5.74, 6) is -5.04. The number of hydrogen-bond donors (Lipinski definition) is 10. The van der Waals surface area contributed by atoms with Gasteiger partial charge in [0.05, 0.1) is 50.8 Å². The third-order valence-corrected chi connectivity index (χ3v) is 18.8. The molecule has 84 heavy (non-hydrogen) atoms. The summed E-state index contributed by atoms with van der Waals surface area (Å²) in [4.78, 5) is 13.2. The Morgan fingerprint density at radius 3 is 1.75 bits per heavy atom. The molecule has 8 unspecified atom stereocenters. The Hall–Kier alpha value is -7.20. The molecule has 0 aromatic heterocycles. The van der Waals surface area contributed by atoms with Crippen molar-refractivity contribution in [2.45, 2.75) is 56.6 Å². The number of thiocarbonyl (C=S) groups is 1. The van der Waals surface area contributed by atoms with Gasteiger partial charge in [-0.3, -0.25) is 13.7 Å². The lowest BCUT2D eigenvalue weighted by molar-refractivity contribution is 0.0697. The van der Waals surface area contributed by atoms with Crippen LogP contribution in [-0.4, -0.2) is 128 Å². The molecule has 0 saturated heterocycles. The number of benzene rings is 4. The first-order valence-corrected chi connectivity index (χ1v) is 31.3. The predicted octanol–water partition coefficient (Wildman–Crippen LogP) is 6.43. The van der Waals surface area contributed by atoms with E-state index >= 15 is 0 Å². The van der Waals surface area contributed by atoms with E-state index < -0.39 is 112 Å². The molecule has 20 nitrogen and oxygen atoms in total. The monoisotopic (exact) mass is 1220 g/mol. The molecular weight excluding hydrogens is 1160 g/mol. The number of aliphatic hydroxyl groups excluding tert-OH is 4. The SMILES string of the molecule is CN(C)c1ccc2c(-c3ccc(NC(=S)NCc4ccc(C5=CC6CC7C=C(S(=O)(=O)O)C=C(CC8C=C(S(=O)(=O)O)C=C(CC9=CC(S(=O)(=O)O)=CC(CC(=C5)C6O)C9O)C8O)C7O)cc4)cc3C(=O)O)c3ccc(=[N+](C)C)cc-3oc2c1. The highest BCUT2D eigenvalue weighted by molar-refractivity contribution is 7.90. The van der Waals surface area contributed by atoms with Gasteiger partial charge in [0.1, 0.15) is 25.4 Å². The quantitative estimate of drug-likeness (QED) is 0.0312. The predicted molar refractivity (Wildman–Crippen MR) is 322 cm³/mol. The topological polar surface area (TPSA) is 325 Å². The fraction of sp³-hybridized carbons (Fsp3) is 0.283. The zero-order valence-corrected chi connectivity index (χ0v) is 48.9. The fourth-order valence-corrected chi connectivity index (χ4v) is 13.8. The van der Waals surface area contributed by atoms with Crippen molar-refractivity contribution < 1.29 is 73.7 Å². The number of rotatable bonds is 10. The zero-order valence-electron chi connectivity index (χ0n) is 45.6. The van der Waals surface area contributed by atoms with Gasteiger partial charge in [-0.15, -0.1) is 0 Å². The molecule has 10 rings (SSSR count). The molecule has 8 atom stereocenters. The van der Waals surface area contributed by atoms with Crippen LogP contribution in [0.1, 0.15) is 47.2 Å². The number of anilines is 2. The van der Waals surface area contributed by atoms with Crippen LogP contribution in [0, 0.1) is 23.7 Å². The first kappa shape index (κ1) is 59.9. The number of fused-ring (bicyclic) bond motifs is 10. The lowest BCUT2D eigenvalue weighted by atomic mass is 9.72. The van der Waals surface area contributed by atoms with Crippen molar-refractivity contribution in [3.8, 4) is 22.5 Å². The van der Waals surface area contributed by atoms with E-state index in [0.29, 0.717) is 39.3 Å². The van der Waals surface area contributed by atoms with Gasteiger partial charge >= 0.3 is 5.97 Å². The van der Waals surface area contributed by atoms with E-state index in [1.807, 2.05) is 86.2 Å². The molecule has 3 aromatic carbocycles. The Labute approximate surface area is 490 Å². The van der Waals surface area contributed by atoms with Gasteiger partial charge in [-0.1, -0.05) is 60.7 Å². The van der Waals surface area contributed by atoms with Gasteiger partial charge in [0, 0.05) is 84.3 Å². The number of aliphatic hydroxyl groups is 4. The van der Waals surface area contributed by atoms with Crippen LogP contribution in [-0.2, 0) is 36.9 Å². The largest absolute Gasteiger partial charge is 0.478 e. The summed E-state index contributed by atoms with van der Waals surface area (Å²) in [5, 5.41) is 66.5. The average Bonchev–Trinajstić information content (AvgIpc) is 1.34. The van der Waals surface area contributed by atoms with E-state index in [9.17, 15) is 69.2 Å². The van der Waals surface area contributed by atoms with E-state index in [-0.39, 0.29) is 52.4 Å². The van der Waals surface area contributed by atoms with Crippen molar-refractivity contribution in [3.05, 3.63) is 187 Å². The number of hydrogen-bond acceptors (Lipinski definition) is 14. The maximum atomic E-state index is 13.1. The number of nitrogens with one attached hydrogen (secondary N) is 2. The smallest absolute Gasteiger partial charge is 0.336 e. The minimum atomic E-state index is -4.96. The molecule has 440 valence electrons. The Morgan fingerprint density at radius 2 is 1.19 bits per heavy atom. The standard InChI is InChI=1S/C60H60N4O16S4/c1-63(2)43-10-13-49-52(28-43)80-53-29-44(64(3)4)11-14-50(53)54(49)48-12-9-42(27-51(48)59(69)70)62-60(81)61-30-31-5-7-32(8-6-31)33-15-34-17-36-21-45(82(71,72)73)23-38(56(36)66)19-40-25-47(84(77,78)79)26-41(58(40)68)20-39-24-46(83(74,75)76)22-37(57(39)67)18-35(16-33)55(34)65/h5-16,21-29,34,36-37,40,55-58,65-68H,17-20,30H2,1-4H3,(H5,61,69,70,71,72,73,74,75,76,77,78,79,81)/p+1. The number of carbonyl (C=O) groups is 1. The van der Waals surface area contributed by atoms with Crippen molar-refractivity contribution in [1.82, 2.24) is 9.89 Å². The summed E-state index contributed by atoms with van der Waals surface area (Å²) < 4.78 is 115. The molecule has 0 radical (unpaired) electrons. The summed E-state index contributed by atoms with van der Waals surface area (Å²) in [6, 6.07) is 23.8. The molecule has 6 aliphatic carbocycles. The number of allylic oxidation sites excluding steroid dienone is 5. The summed E-state index contributed by atoms with van der Waals surface area (Å²) in [6.45, 7) is 0.213. The van der Waals surface area contributed by atoms with Crippen molar-refractivity contribution in [2.24, 2.45) is 23.7 Å². The molecule has 8 bridgehead atoms. The molecule has 0 spiro atoms. The molecule has 7 aliphatic rings. The molecule has 0 amide bonds. The zero-order chi connectivity index (χ0) is 60.5. The van der Waals surface area contributed by atoms with Crippen LogP contribution >= 0.6 is 12.2 Å². The highest BCUT2D eigenvalue weighted by Crippen LogP contribution is 2.46. The third kappa shape index (κ3) is 12.5. The Bertz CT molecular complexity index is 4240. The normalized spacial score (nSPS) is 23.8. The van der Waals surface area contributed by atoms with Crippen LogP contribution in [0.4, 0.5) is 11.4 Å². The lowest BCUT2D eigenvalue weighted by Gasteiger charge is -2.37. The van der Waals surface area contributed by atoms with Crippen molar-refractivity contribution in [2.75, 3.05) is 38.4 Å². The molecule has 3 aromatic rings. The van der Waals surface area contributed by atoms with Crippen LogP contribution < -0.4 is 25.5 Å². The van der Waals surface area contributed by atoms with E-state index in [0.717, 1.165) is 64.0 Å². The fourth-order valence-electron chi connectivity index (χ4n) is 11.7. The van der Waals surface area contributed by atoms with Crippen LogP contribution in [0.5, 0.6) is 0 Å². The van der Waals surface area contributed by atoms with Gasteiger partial charge in [0.25, 0.3) is 30.4 Å². The third-order valence-electron chi connectivity index (χ3n) is 16.0. The van der Waals surface area contributed by atoms with Crippen LogP contribution in [0.25, 0.3) is 39.0 Å². The maximum absolute atomic E-state index is 13.1. The van der Waals surface area contributed by atoms with Crippen molar-refractivity contribution in [1.29, 1.82) is 0 Å². The molecule has 1 fully saturated rings. The lowest BCUT2D eigenvalue weighted by Crippen LogP contribution is -2.36. The van der Waals surface area contributed by atoms with Gasteiger partial charge in [0.2, 0.25) is 5.36 Å². The highest BCUT2D eigenvalue weighted by atomic mass is 32.2. The average molecular weight is 1220 g/mol. The van der Waals surface area contributed by atoms with Gasteiger partial charge in [-0.2, -0.15) is 25.3 Å². The van der Waals surface area contributed by atoms with Gasteiger partial charge in [0.15, 0.2) is 5.11 Å². The maximum Gasteiger partial charge on any atom is 0.336 e. The molecule has 1 heterocycles. The van der Waals surface area contributed by atoms with Crippen molar-refractivity contribution in [3.63, 3.8) is 0 Å². The Kier molecular flexibility index (Phi) is 16.4. The Morgan fingerprint density at radius 1 is 0.655 bits per heavy atom. The number of aromatic carboxylic acids is 1. The number of nitrogens with zero attached hydrogens (tertiary/aromatic N) is 2. The van der Waals surface area contributed by atoms with E-state index in [1.54, 1.807) is 36.4 Å². The molecule has 10 N–H and O–H groups in total. The van der Waals surface area contributed by atoms with E-state index in [1.165, 1.54) is 6.07 Å². The highest BCUT2D eigenvalue weighted by Gasteiger charge is 2.41. The summed E-state index contributed by atoms with van der Waals surface area (Å²) in [5.41, 5.74) is 5.77. The number of carboxylic acids is 1. The first-order valence-electron chi connectivity index (χ1n) is 26.5. The second kappa shape index (κ2) is 23.0. The van der Waals surface area contributed by atoms with Crippen LogP contribution in [0.15, 0.2) is 169 Å². The van der Waals surface area contributed by atoms with Crippen LogP contribution in [0.3, 0.4) is 0 Å². The molecule has 1 aliphatic heterocycles. The number of carboxylic acid groups (broad SMARTS) is 1. The summed E-state index contributed by atoms with van der Waals surface area (Å²) in [6.07, 6.45) is 2.34. The second-order valence-corrected chi connectivity index (χ2v) is 26.8. The van der Waals surface area contributed by atoms with Crippen molar-refractivity contribution >= 4 is 81.6 Å². The van der Waals surface area contributed by atoms with Gasteiger partial charge in [-0.05, 0) is 131 Å². The van der Waals surface area contributed by atoms with Gasteiger partial charge < -0.3 is 45.5 Å². The summed E-state index contributed by atoms with van der Waals surface area (Å²) >= 11 is 5.70. The molecule has 1 saturated carbocycles. The minimum absolute atomic E-state index is 0.0220. The first-order chi connectivity index (χ1) is 39.5.